The third-order valence-electron chi connectivity index (χ3n) is 0. The van der Waals surface area contributed by atoms with Crippen LogP contribution in [0.1, 0.15) is 6.92 Å². The van der Waals surface area contributed by atoms with Crippen LogP contribution in [0.15, 0.2) is 0 Å². The molecule has 8 heavy (non-hydrogen) atoms. The molecule has 0 aliphatic carbocycles. The maximum atomic E-state index is 7.57. The molecule has 0 atom stereocenters. The van der Waals surface area contributed by atoms with Crippen LogP contribution in [0.3, 0.4) is 0 Å². The Bertz CT molecular complexity index is 15.2. The second-order valence-corrected chi connectivity index (χ2v) is 0.316. The molecule has 0 unspecified atom stereocenters. The second-order valence-electron chi connectivity index (χ2n) is 0.316. The van der Waals surface area contributed by atoms with E-state index in [0.717, 1.165) is 0 Å². The normalized spacial score (nSPS) is 2.25. The van der Waals surface area contributed by atoms with Crippen molar-refractivity contribution in [1.29, 1.82) is 0 Å². The maximum Gasteiger partial charge on any atom is 3.00 e. The standard InChI is InChI=1S/C2H6O.Ce.3ClH.H2O/c1-2-3;;;;;/h3H,2H2,1H3;;3*1H;1H2/q;+3;;;;/p-3. The molecule has 0 saturated carbocycles. The number of aliphatic hydroxyl groups excluding tert-OH is 1. The zero-order chi connectivity index (χ0) is 2.71. The van der Waals surface area contributed by atoms with Gasteiger partial charge in [0.05, 0.1) is 0 Å². The van der Waals surface area contributed by atoms with E-state index in [4.69, 9.17) is 5.11 Å². The van der Waals surface area contributed by atoms with Crippen molar-refractivity contribution in [2.45, 2.75) is 6.92 Å². The Morgan fingerprint density at radius 3 is 1.12 bits per heavy atom. The van der Waals surface area contributed by atoms with Crippen molar-refractivity contribution >= 4 is 0 Å². The van der Waals surface area contributed by atoms with Gasteiger partial charge in [-0.25, -0.2) is 0 Å². The first-order chi connectivity index (χ1) is 1.41. The summed E-state index contributed by atoms with van der Waals surface area (Å²) in [6.07, 6.45) is 0. The first-order valence-electron chi connectivity index (χ1n) is 1.02. The van der Waals surface area contributed by atoms with Crippen LogP contribution in [0.2, 0.25) is 0 Å². The molecule has 0 aliphatic rings. The van der Waals surface area contributed by atoms with Gasteiger partial charge in [0, 0.05) is 6.61 Å². The fraction of sp³-hybridized carbons (Fsp3) is 1.00. The van der Waals surface area contributed by atoms with Crippen LogP contribution >= 0.6 is 0 Å². The monoisotopic (exact) mass is 309 g/mol. The van der Waals surface area contributed by atoms with Crippen molar-refractivity contribution < 1.29 is 89.6 Å². The molecule has 0 aromatic heterocycles. The van der Waals surface area contributed by atoms with Gasteiger partial charge in [0.1, 0.15) is 0 Å². The minimum absolute atomic E-state index is 0. The summed E-state index contributed by atoms with van der Waals surface area (Å²) in [5.41, 5.74) is 0. The van der Waals surface area contributed by atoms with Crippen LogP contribution in [0.4, 0.5) is 0 Å². The van der Waals surface area contributed by atoms with E-state index in [0.29, 0.717) is 0 Å². The van der Waals surface area contributed by atoms with Crippen LogP contribution < -0.4 is 37.2 Å². The average molecular weight is 311 g/mol. The topological polar surface area (TPSA) is 51.7 Å². The Balaban J connectivity index is -0.00000000200. The summed E-state index contributed by atoms with van der Waals surface area (Å²) in [5, 5.41) is 7.57. The number of aliphatic hydroxyl groups is 1. The predicted molar refractivity (Wildman–Crippen MR) is 16.4 cm³/mol. The van der Waals surface area contributed by atoms with Gasteiger partial charge in [-0.15, -0.1) is 0 Å². The molecule has 0 heterocycles. The van der Waals surface area contributed by atoms with Crippen molar-refractivity contribution in [3.8, 4) is 0 Å². The van der Waals surface area contributed by atoms with E-state index in [1.54, 1.807) is 6.92 Å². The van der Waals surface area contributed by atoms with Crippen LogP contribution in [-0.4, -0.2) is 17.2 Å². The van der Waals surface area contributed by atoms with Crippen molar-refractivity contribution in [2.24, 2.45) is 0 Å². The molecule has 0 amide bonds. The van der Waals surface area contributed by atoms with Gasteiger partial charge in [-0.2, -0.15) is 0 Å². The Hall–Kier alpha value is 2.17. The summed E-state index contributed by atoms with van der Waals surface area (Å²) in [4.78, 5) is 0. The Morgan fingerprint density at radius 1 is 1.12 bits per heavy atom. The van der Waals surface area contributed by atoms with E-state index in [1.807, 2.05) is 0 Å². The molecule has 3 N–H and O–H groups in total. The van der Waals surface area contributed by atoms with Gasteiger partial charge in [0.25, 0.3) is 0 Å². The predicted octanol–water partition coefficient (Wildman–Crippen LogP) is -9.81. The van der Waals surface area contributed by atoms with Crippen molar-refractivity contribution in [3.63, 3.8) is 0 Å². The average Bonchev–Trinajstić information content (AvgIpc) is 0.918. The smallest absolute Gasteiger partial charge is 1.00 e. The molecule has 0 rings (SSSR count). The Morgan fingerprint density at radius 2 is 1.12 bits per heavy atom. The van der Waals surface area contributed by atoms with Gasteiger partial charge in [-0.1, -0.05) is 0 Å². The van der Waals surface area contributed by atoms with E-state index in [9.17, 15) is 0 Å². The molecule has 0 bridgehead atoms. The number of halogens is 3. The Labute approximate surface area is 102 Å². The summed E-state index contributed by atoms with van der Waals surface area (Å²) in [5.74, 6) is 0. The molecule has 0 aromatic carbocycles. The van der Waals surface area contributed by atoms with Crippen LogP contribution in [0.5, 0.6) is 0 Å². The van der Waals surface area contributed by atoms with E-state index in [-0.39, 0.29) is 91.1 Å². The summed E-state index contributed by atoms with van der Waals surface area (Å²) in [7, 11) is 0. The van der Waals surface area contributed by atoms with E-state index >= 15 is 0 Å². The minimum Gasteiger partial charge on any atom is -1.00 e. The molecule has 0 aromatic rings. The van der Waals surface area contributed by atoms with Gasteiger partial charge in [0.2, 0.25) is 0 Å². The molecule has 1 radical (unpaired) electrons. The summed E-state index contributed by atoms with van der Waals surface area (Å²) < 4.78 is 0. The minimum atomic E-state index is 0. The zero-order valence-electron chi connectivity index (χ0n) is 4.29. The van der Waals surface area contributed by atoms with E-state index in [1.165, 1.54) is 0 Å². The van der Waals surface area contributed by atoms with Gasteiger partial charge < -0.3 is 47.8 Å². The zero-order valence-corrected chi connectivity index (χ0v) is 9.70. The largest absolute Gasteiger partial charge is 3.00 e. The number of hydrogen-bond donors (Lipinski definition) is 1. The van der Waals surface area contributed by atoms with Crippen molar-refractivity contribution in [3.05, 3.63) is 0 Å². The summed E-state index contributed by atoms with van der Waals surface area (Å²) >= 11 is 0. The fourth-order valence-corrected chi connectivity index (χ4v) is 0. The van der Waals surface area contributed by atoms with Gasteiger partial charge in [-0.3, -0.25) is 0 Å². The van der Waals surface area contributed by atoms with E-state index < -0.39 is 0 Å². The van der Waals surface area contributed by atoms with Gasteiger partial charge >= 0.3 is 41.7 Å². The Kier molecular flexibility index (Phi) is 375. The maximum absolute atomic E-state index is 7.57. The number of rotatable bonds is 0. The third-order valence-corrected chi connectivity index (χ3v) is 0. The number of hydrogen-bond acceptors (Lipinski definition) is 1. The molecule has 0 aliphatic heterocycles. The molecule has 2 nitrogen and oxygen atoms in total. The molecule has 6 heteroatoms. The molecular weight excluding hydrogens is 302 g/mol. The SMILES string of the molecule is CCO.O.[Ce+3].[Cl-].[Cl-].[Cl-]. The van der Waals surface area contributed by atoms with Gasteiger partial charge in [0.15, 0.2) is 0 Å². The van der Waals surface area contributed by atoms with Crippen LogP contribution in [-0.2, 0) is 0 Å². The summed E-state index contributed by atoms with van der Waals surface area (Å²) in [6, 6.07) is 0. The second kappa shape index (κ2) is 61.0. The quantitative estimate of drug-likeness (QED) is 0.475. The van der Waals surface area contributed by atoms with E-state index in [2.05, 4.69) is 0 Å². The van der Waals surface area contributed by atoms with Crippen LogP contribution in [0, 0.1) is 41.7 Å². The fourth-order valence-electron chi connectivity index (χ4n) is 0. The van der Waals surface area contributed by atoms with Crippen molar-refractivity contribution in [1.82, 2.24) is 0 Å². The summed E-state index contributed by atoms with van der Waals surface area (Å²) in [6.45, 7) is 1.93. The van der Waals surface area contributed by atoms with Crippen molar-refractivity contribution in [2.75, 3.05) is 6.61 Å². The van der Waals surface area contributed by atoms with Gasteiger partial charge in [-0.05, 0) is 6.92 Å². The first kappa shape index (κ1) is 49.2. The molecule has 0 fully saturated rings. The molecular formula is C2H8CeCl3O2. The van der Waals surface area contributed by atoms with Crippen LogP contribution in [0.25, 0.3) is 0 Å². The molecule has 53 valence electrons. The first-order valence-corrected chi connectivity index (χ1v) is 1.02. The molecule has 0 spiro atoms. The third kappa shape index (κ3) is 89.4. The molecule has 0 saturated heterocycles.